The predicted molar refractivity (Wildman–Crippen MR) is 61.2 cm³/mol. The molecule has 0 aliphatic carbocycles. The number of benzene rings is 1. The fraction of sp³-hybridized carbons (Fsp3) is 0.300. The Morgan fingerprint density at radius 2 is 1.95 bits per heavy atom. The van der Waals surface area contributed by atoms with Crippen molar-refractivity contribution in [3.63, 3.8) is 0 Å². The largest absolute Gasteiger partial charge is 0.548 e. The first-order valence-electron chi connectivity index (χ1n) is 5.05. The SMILES string of the molecule is C[C@H](NS(=O)(=O)c1cc(C(F)(F)F)ccc1Cl)C(=O)[O-]. The summed E-state index contributed by atoms with van der Waals surface area (Å²) in [5.41, 5.74) is -1.22. The van der Waals surface area contributed by atoms with Crippen molar-refractivity contribution in [2.45, 2.75) is 24.0 Å². The molecule has 0 spiro atoms. The molecule has 112 valence electrons. The van der Waals surface area contributed by atoms with Gasteiger partial charge in [-0.1, -0.05) is 11.6 Å². The lowest BCUT2D eigenvalue weighted by molar-refractivity contribution is -0.307. The maximum Gasteiger partial charge on any atom is 0.416 e. The molecule has 0 bridgehead atoms. The highest BCUT2D eigenvalue weighted by atomic mass is 35.5. The van der Waals surface area contributed by atoms with Gasteiger partial charge in [-0.2, -0.15) is 13.2 Å². The Kier molecular flexibility index (Phi) is 4.67. The van der Waals surface area contributed by atoms with E-state index >= 15 is 0 Å². The van der Waals surface area contributed by atoms with E-state index in [1.807, 2.05) is 0 Å². The molecule has 0 aromatic heterocycles. The Balaban J connectivity index is 3.28. The molecule has 1 rings (SSSR count). The molecule has 20 heavy (non-hydrogen) atoms. The maximum atomic E-state index is 12.5. The zero-order valence-corrected chi connectivity index (χ0v) is 11.4. The van der Waals surface area contributed by atoms with Crippen LogP contribution < -0.4 is 9.83 Å². The van der Waals surface area contributed by atoms with E-state index in [4.69, 9.17) is 11.6 Å². The van der Waals surface area contributed by atoms with Crippen molar-refractivity contribution in [2.24, 2.45) is 0 Å². The molecule has 5 nitrogen and oxygen atoms in total. The molecule has 1 aromatic carbocycles. The number of alkyl halides is 3. The summed E-state index contributed by atoms with van der Waals surface area (Å²) in [6.07, 6.45) is -4.76. The van der Waals surface area contributed by atoms with E-state index in [0.717, 1.165) is 13.0 Å². The van der Waals surface area contributed by atoms with E-state index in [-0.39, 0.29) is 0 Å². The summed E-state index contributed by atoms with van der Waals surface area (Å²) in [6, 6.07) is 0.0874. The van der Waals surface area contributed by atoms with Crippen molar-refractivity contribution in [1.29, 1.82) is 0 Å². The summed E-state index contributed by atoms with van der Waals surface area (Å²) in [5.74, 6) is -1.73. The van der Waals surface area contributed by atoms with Crippen LogP contribution in [0.5, 0.6) is 0 Å². The number of hydrogen-bond acceptors (Lipinski definition) is 4. The van der Waals surface area contributed by atoms with E-state index < -0.39 is 43.7 Å². The van der Waals surface area contributed by atoms with Crippen molar-refractivity contribution >= 4 is 27.6 Å². The van der Waals surface area contributed by atoms with E-state index in [9.17, 15) is 31.5 Å². The second kappa shape index (κ2) is 5.58. The summed E-state index contributed by atoms with van der Waals surface area (Å²) in [7, 11) is -4.52. The molecule has 0 saturated carbocycles. The number of carboxylic acids is 1. The highest BCUT2D eigenvalue weighted by molar-refractivity contribution is 7.89. The molecule has 0 unspecified atom stereocenters. The van der Waals surface area contributed by atoms with Crippen molar-refractivity contribution in [3.8, 4) is 0 Å². The first kappa shape index (κ1) is 16.7. The van der Waals surface area contributed by atoms with E-state index in [0.29, 0.717) is 12.1 Å². The topological polar surface area (TPSA) is 86.3 Å². The fourth-order valence-corrected chi connectivity index (χ4v) is 2.95. The smallest absolute Gasteiger partial charge is 0.416 e. The van der Waals surface area contributed by atoms with Crippen LogP contribution >= 0.6 is 11.6 Å². The molecular formula is C10H8ClF3NO4S-. The van der Waals surface area contributed by atoms with Crippen molar-refractivity contribution in [2.75, 3.05) is 0 Å². The zero-order valence-electron chi connectivity index (χ0n) is 9.86. The average molecular weight is 331 g/mol. The van der Waals surface area contributed by atoms with Crippen LogP contribution in [-0.4, -0.2) is 20.4 Å². The van der Waals surface area contributed by atoms with Gasteiger partial charge >= 0.3 is 6.18 Å². The van der Waals surface area contributed by atoms with Crippen molar-refractivity contribution < 1.29 is 31.5 Å². The Morgan fingerprint density at radius 3 is 2.40 bits per heavy atom. The van der Waals surface area contributed by atoms with Crippen LogP contribution in [-0.2, 0) is 21.0 Å². The number of sulfonamides is 1. The second-order valence-electron chi connectivity index (χ2n) is 3.80. The Bertz CT molecular complexity index is 630. The molecule has 0 heterocycles. The summed E-state index contributed by atoms with van der Waals surface area (Å²) in [4.78, 5) is 9.61. The van der Waals surface area contributed by atoms with Crippen LogP contribution in [0.4, 0.5) is 13.2 Å². The zero-order chi connectivity index (χ0) is 15.7. The molecular weight excluding hydrogens is 323 g/mol. The van der Waals surface area contributed by atoms with Gasteiger partial charge in [-0.3, -0.25) is 0 Å². The van der Waals surface area contributed by atoms with E-state index in [2.05, 4.69) is 0 Å². The number of carboxylic acid groups (broad SMARTS) is 1. The number of hydrogen-bond donors (Lipinski definition) is 1. The average Bonchev–Trinajstić information content (AvgIpc) is 2.26. The lowest BCUT2D eigenvalue weighted by atomic mass is 10.2. The molecule has 0 aliphatic rings. The van der Waals surface area contributed by atoms with E-state index in [1.165, 1.54) is 0 Å². The first-order chi connectivity index (χ1) is 8.95. The van der Waals surface area contributed by atoms with Gasteiger partial charge in [0.2, 0.25) is 10.0 Å². The van der Waals surface area contributed by atoms with Gasteiger partial charge in [0.25, 0.3) is 0 Å². The summed E-state index contributed by atoms with van der Waals surface area (Å²) < 4.78 is 62.8. The monoisotopic (exact) mass is 330 g/mol. The molecule has 1 atom stereocenters. The van der Waals surface area contributed by atoms with Gasteiger partial charge in [-0.15, -0.1) is 0 Å². The summed E-state index contributed by atoms with van der Waals surface area (Å²) in [6.45, 7) is 0.967. The van der Waals surface area contributed by atoms with Gasteiger partial charge < -0.3 is 9.90 Å². The number of nitrogens with one attached hydrogen (secondary N) is 1. The van der Waals surface area contributed by atoms with Crippen LogP contribution in [0.25, 0.3) is 0 Å². The lowest BCUT2D eigenvalue weighted by Crippen LogP contribution is -2.45. The maximum absolute atomic E-state index is 12.5. The molecule has 1 aromatic rings. The van der Waals surface area contributed by atoms with Crippen LogP contribution in [0.2, 0.25) is 5.02 Å². The van der Waals surface area contributed by atoms with Gasteiger partial charge in [0, 0.05) is 0 Å². The lowest BCUT2D eigenvalue weighted by Gasteiger charge is -2.16. The third kappa shape index (κ3) is 3.84. The molecule has 0 amide bonds. The van der Waals surface area contributed by atoms with Crippen molar-refractivity contribution in [3.05, 3.63) is 28.8 Å². The number of halogens is 4. The van der Waals surface area contributed by atoms with Crippen LogP contribution in [0, 0.1) is 0 Å². The minimum atomic E-state index is -4.76. The third-order valence-corrected chi connectivity index (χ3v) is 4.26. The highest BCUT2D eigenvalue weighted by Gasteiger charge is 2.33. The first-order valence-corrected chi connectivity index (χ1v) is 6.91. The quantitative estimate of drug-likeness (QED) is 0.883. The van der Waals surface area contributed by atoms with E-state index in [1.54, 1.807) is 4.72 Å². The van der Waals surface area contributed by atoms with Gasteiger partial charge in [0.05, 0.1) is 22.6 Å². The minimum Gasteiger partial charge on any atom is -0.548 e. The molecule has 1 N–H and O–H groups in total. The standard InChI is InChI=1S/C10H9ClF3NO4S/c1-5(9(16)17)15-20(18,19)8-4-6(10(12,13)14)2-3-7(8)11/h2-5,15H,1H3,(H,16,17)/p-1/t5-/m0/s1. The number of aliphatic carboxylic acids is 1. The normalized spacial score (nSPS) is 14.1. The van der Waals surface area contributed by atoms with Crippen LogP contribution in [0.3, 0.4) is 0 Å². The molecule has 0 aliphatic heterocycles. The Labute approximate surface area is 117 Å². The van der Waals surface area contributed by atoms with Gasteiger partial charge in [0.1, 0.15) is 4.90 Å². The Morgan fingerprint density at radius 1 is 1.40 bits per heavy atom. The van der Waals surface area contributed by atoms with Crippen LogP contribution in [0.15, 0.2) is 23.1 Å². The minimum absolute atomic E-state index is 0.326. The molecule has 0 radical (unpaired) electrons. The Hall–Kier alpha value is -1.32. The molecule has 0 fully saturated rings. The van der Waals surface area contributed by atoms with Crippen molar-refractivity contribution in [1.82, 2.24) is 4.72 Å². The third-order valence-electron chi connectivity index (χ3n) is 2.23. The predicted octanol–water partition coefficient (Wildman–Crippen LogP) is 0.776. The number of rotatable bonds is 4. The second-order valence-corrected chi connectivity index (χ2v) is 5.89. The molecule has 10 heteroatoms. The van der Waals surface area contributed by atoms with Gasteiger partial charge in [0.15, 0.2) is 0 Å². The molecule has 0 saturated heterocycles. The summed E-state index contributed by atoms with van der Waals surface area (Å²) in [5, 5.41) is 10.0. The number of carbonyl (C=O) groups excluding carboxylic acids is 1. The van der Waals surface area contributed by atoms with Gasteiger partial charge in [-0.25, -0.2) is 13.1 Å². The summed E-state index contributed by atoms with van der Waals surface area (Å²) >= 11 is 5.54. The highest BCUT2D eigenvalue weighted by Crippen LogP contribution is 2.33. The number of carbonyl (C=O) groups is 1. The van der Waals surface area contributed by atoms with Crippen LogP contribution in [0.1, 0.15) is 12.5 Å². The fourth-order valence-electron chi connectivity index (χ4n) is 1.23. The van der Waals surface area contributed by atoms with Gasteiger partial charge in [-0.05, 0) is 25.1 Å².